The van der Waals surface area contributed by atoms with Crippen LogP contribution in [0.25, 0.3) is 0 Å². The number of piperidine rings is 1. The summed E-state index contributed by atoms with van der Waals surface area (Å²) >= 11 is 0. The van der Waals surface area contributed by atoms with Gasteiger partial charge in [-0.05, 0) is 33.4 Å². The molecule has 2 saturated heterocycles. The van der Waals surface area contributed by atoms with Gasteiger partial charge in [0.15, 0.2) is 0 Å². The van der Waals surface area contributed by atoms with Crippen molar-refractivity contribution in [2.45, 2.75) is 25.4 Å². The molecule has 138 valence electrons. The molecule has 1 amide bonds. The van der Waals surface area contributed by atoms with E-state index in [0.717, 1.165) is 32.4 Å². The first kappa shape index (κ1) is 18.2. The van der Waals surface area contributed by atoms with Crippen LogP contribution in [0.15, 0.2) is 18.6 Å². The van der Waals surface area contributed by atoms with E-state index in [2.05, 4.69) is 14.9 Å². The standard InChI is InChI=1S/C18H28N4O3/c1-21(2)9-11-24-14-18-5-3-10-25-16(18)4-8-22(13-18)17(23)15-12-19-6-7-20-15/h6-7,12,16H,3-5,8-11,13-14H2,1-2H3/t16-,18+/m1/s1. The second-order valence-corrected chi connectivity index (χ2v) is 7.29. The Morgan fingerprint density at radius 1 is 1.48 bits per heavy atom. The predicted octanol–water partition coefficient (Wildman–Crippen LogP) is 1.07. The zero-order valence-corrected chi connectivity index (χ0v) is 15.2. The van der Waals surface area contributed by atoms with Crippen LogP contribution in [-0.2, 0) is 9.47 Å². The second-order valence-electron chi connectivity index (χ2n) is 7.29. The summed E-state index contributed by atoms with van der Waals surface area (Å²) in [6.07, 6.45) is 7.74. The van der Waals surface area contributed by atoms with E-state index in [9.17, 15) is 4.79 Å². The number of likely N-dealkylation sites (N-methyl/N-ethyl adjacent to an activating group) is 1. The van der Waals surface area contributed by atoms with E-state index in [4.69, 9.17) is 9.47 Å². The molecule has 0 aromatic carbocycles. The Labute approximate surface area is 149 Å². The number of rotatable bonds is 6. The number of hydrogen-bond acceptors (Lipinski definition) is 6. The van der Waals surface area contributed by atoms with Crippen LogP contribution < -0.4 is 0 Å². The summed E-state index contributed by atoms with van der Waals surface area (Å²) in [6, 6.07) is 0. The van der Waals surface area contributed by atoms with Crippen molar-refractivity contribution in [2.24, 2.45) is 5.41 Å². The lowest BCUT2D eigenvalue weighted by Gasteiger charge is -2.50. The Morgan fingerprint density at radius 2 is 2.36 bits per heavy atom. The van der Waals surface area contributed by atoms with Crippen LogP contribution in [0.3, 0.4) is 0 Å². The highest BCUT2D eigenvalue weighted by Crippen LogP contribution is 2.40. The van der Waals surface area contributed by atoms with Gasteiger partial charge in [-0.1, -0.05) is 0 Å². The van der Waals surface area contributed by atoms with Gasteiger partial charge in [0.1, 0.15) is 5.69 Å². The van der Waals surface area contributed by atoms with Gasteiger partial charge < -0.3 is 19.3 Å². The Bertz CT molecular complexity index is 569. The zero-order chi connectivity index (χ0) is 17.7. The fourth-order valence-electron chi connectivity index (χ4n) is 3.77. The molecule has 3 rings (SSSR count). The Kier molecular flexibility index (Phi) is 5.98. The highest BCUT2D eigenvalue weighted by molar-refractivity contribution is 5.92. The van der Waals surface area contributed by atoms with Gasteiger partial charge in [-0.3, -0.25) is 9.78 Å². The number of ether oxygens (including phenoxy) is 2. The van der Waals surface area contributed by atoms with E-state index in [0.29, 0.717) is 32.0 Å². The average Bonchev–Trinajstić information content (AvgIpc) is 2.65. The minimum atomic E-state index is -0.110. The summed E-state index contributed by atoms with van der Waals surface area (Å²) in [5.74, 6) is -0.0511. The number of likely N-dealkylation sites (tertiary alicyclic amines) is 1. The van der Waals surface area contributed by atoms with E-state index in [1.54, 1.807) is 12.4 Å². The Balaban J connectivity index is 1.67. The van der Waals surface area contributed by atoms with Crippen molar-refractivity contribution >= 4 is 5.91 Å². The number of carbonyl (C=O) groups is 1. The smallest absolute Gasteiger partial charge is 0.274 e. The molecule has 25 heavy (non-hydrogen) atoms. The molecule has 7 heteroatoms. The number of nitrogens with zero attached hydrogens (tertiary/aromatic N) is 4. The predicted molar refractivity (Wildman–Crippen MR) is 93.3 cm³/mol. The fraction of sp³-hybridized carbons (Fsp3) is 0.722. The summed E-state index contributed by atoms with van der Waals surface area (Å²) in [6.45, 7) is 4.38. The minimum Gasteiger partial charge on any atom is -0.379 e. The van der Waals surface area contributed by atoms with Gasteiger partial charge in [-0.25, -0.2) is 4.98 Å². The summed E-state index contributed by atoms with van der Waals surface area (Å²) in [7, 11) is 4.08. The summed E-state index contributed by atoms with van der Waals surface area (Å²) in [5, 5.41) is 0. The maximum absolute atomic E-state index is 12.8. The Morgan fingerprint density at radius 3 is 3.12 bits per heavy atom. The summed E-state index contributed by atoms with van der Waals surface area (Å²) < 4.78 is 12.0. The molecule has 7 nitrogen and oxygen atoms in total. The second kappa shape index (κ2) is 8.21. The van der Waals surface area contributed by atoms with E-state index in [1.165, 1.54) is 6.20 Å². The quantitative estimate of drug-likeness (QED) is 0.716. The SMILES string of the molecule is CN(C)CCOC[C@@]12CCCO[C@@H]1CCN(C(=O)c1cnccn1)C2. The van der Waals surface area contributed by atoms with Crippen LogP contribution in [0.2, 0.25) is 0 Å². The largest absolute Gasteiger partial charge is 0.379 e. The normalized spacial score (nSPS) is 26.5. The summed E-state index contributed by atoms with van der Waals surface area (Å²) in [4.78, 5) is 24.9. The zero-order valence-electron chi connectivity index (χ0n) is 15.2. The number of hydrogen-bond donors (Lipinski definition) is 0. The van der Waals surface area contributed by atoms with Gasteiger partial charge in [0.05, 0.1) is 25.5 Å². The first-order chi connectivity index (χ1) is 12.1. The molecule has 2 fully saturated rings. The third kappa shape index (κ3) is 4.34. The van der Waals surface area contributed by atoms with E-state index in [1.807, 2.05) is 19.0 Å². The molecule has 2 atom stereocenters. The van der Waals surface area contributed by atoms with Crippen molar-refractivity contribution in [1.82, 2.24) is 19.8 Å². The van der Waals surface area contributed by atoms with Gasteiger partial charge in [0.2, 0.25) is 0 Å². The van der Waals surface area contributed by atoms with E-state index < -0.39 is 0 Å². The monoisotopic (exact) mass is 348 g/mol. The molecule has 1 aromatic rings. The van der Waals surface area contributed by atoms with Crippen molar-refractivity contribution in [1.29, 1.82) is 0 Å². The molecule has 0 spiro atoms. The molecule has 1 aromatic heterocycles. The van der Waals surface area contributed by atoms with Gasteiger partial charge in [-0.2, -0.15) is 0 Å². The first-order valence-electron chi connectivity index (χ1n) is 9.00. The molecule has 2 aliphatic rings. The van der Waals surface area contributed by atoms with Gasteiger partial charge in [0, 0.05) is 44.0 Å². The molecule has 0 saturated carbocycles. The minimum absolute atomic E-state index is 0.0511. The number of aromatic nitrogens is 2. The number of fused-ring (bicyclic) bond motifs is 1. The van der Waals surface area contributed by atoms with Crippen LogP contribution in [-0.4, -0.2) is 85.3 Å². The van der Waals surface area contributed by atoms with Crippen LogP contribution in [0, 0.1) is 5.41 Å². The van der Waals surface area contributed by atoms with Crippen molar-refractivity contribution in [3.8, 4) is 0 Å². The molecule has 0 unspecified atom stereocenters. The molecule has 3 heterocycles. The van der Waals surface area contributed by atoms with Crippen LogP contribution >= 0.6 is 0 Å². The van der Waals surface area contributed by atoms with Crippen molar-refractivity contribution < 1.29 is 14.3 Å². The molecule has 0 bridgehead atoms. The maximum atomic E-state index is 12.8. The van der Waals surface area contributed by atoms with Crippen LogP contribution in [0.1, 0.15) is 29.8 Å². The third-order valence-corrected chi connectivity index (χ3v) is 5.13. The molecule has 0 radical (unpaired) electrons. The topological polar surface area (TPSA) is 67.8 Å². The van der Waals surface area contributed by atoms with Crippen molar-refractivity contribution in [3.05, 3.63) is 24.3 Å². The van der Waals surface area contributed by atoms with Crippen molar-refractivity contribution in [2.75, 3.05) is 53.6 Å². The molecular weight excluding hydrogens is 320 g/mol. The van der Waals surface area contributed by atoms with Crippen molar-refractivity contribution in [3.63, 3.8) is 0 Å². The highest BCUT2D eigenvalue weighted by Gasteiger charge is 2.47. The van der Waals surface area contributed by atoms with Gasteiger partial charge in [-0.15, -0.1) is 0 Å². The fourth-order valence-corrected chi connectivity index (χ4v) is 3.77. The number of carbonyl (C=O) groups excluding carboxylic acids is 1. The van der Waals surface area contributed by atoms with E-state index >= 15 is 0 Å². The maximum Gasteiger partial charge on any atom is 0.274 e. The van der Waals surface area contributed by atoms with Gasteiger partial charge >= 0.3 is 0 Å². The molecular formula is C18H28N4O3. The Hall–Kier alpha value is -1.57. The summed E-state index contributed by atoms with van der Waals surface area (Å²) in [5.41, 5.74) is 0.294. The number of amides is 1. The molecule has 2 aliphatic heterocycles. The third-order valence-electron chi connectivity index (χ3n) is 5.13. The van der Waals surface area contributed by atoms with Crippen LogP contribution in [0.5, 0.6) is 0 Å². The lowest BCUT2D eigenvalue weighted by atomic mass is 9.73. The average molecular weight is 348 g/mol. The highest BCUT2D eigenvalue weighted by atomic mass is 16.5. The lowest BCUT2D eigenvalue weighted by Crippen LogP contribution is -2.58. The van der Waals surface area contributed by atoms with E-state index in [-0.39, 0.29) is 17.4 Å². The first-order valence-corrected chi connectivity index (χ1v) is 9.00. The molecule has 0 aliphatic carbocycles. The lowest BCUT2D eigenvalue weighted by molar-refractivity contribution is -0.147. The molecule has 0 N–H and O–H groups in total. The van der Waals surface area contributed by atoms with Gasteiger partial charge in [0.25, 0.3) is 5.91 Å². The van der Waals surface area contributed by atoms with Crippen LogP contribution in [0.4, 0.5) is 0 Å².